The molecule has 0 atom stereocenters. The second-order valence-corrected chi connectivity index (χ2v) is 6.54. The highest BCUT2D eigenvalue weighted by Gasteiger charge is 2.30. The first-order valence-corrected chi connectivity index (χ1v) is 9.05. The van der Waals surface area contributed by atoms with E-state index in [9.17, 15) is 27.6 Å². The maximum absolute atomic E-state index is 12.9. The molecule has 31 heavy (non-hydrogen) atoms. The van der Waals surface area contributed by atoms with E-state index in [-0.39, 0.29) is 28.9 Å². The van der Waals surface area contributed by atoms with Crippen molar-refractivity contribution in [3.8, 4) is 0 Å². The summed E-state index contributed by atoms with van der Waals surface area (Å²) in [6.07, 6.45) is -3.13. The number of ether oxygens (including phenoxy) is 1. The zero-order valence-corrected chi connectivity index (χ0v) is 16.3. The summed E-state index contributed by atoms with van der Waals surface area (Å²) in [4.78, 5) is 37.3. The molecule has 0 aliphatic carbocycles. The molecule has 0 aliphatic rings. The Balaban J connectivity index is 1.88. The minimum atomic E-state index is -4.50. The number of rotatable bonds is 5. The molecule has 0 bridgehead atoms. The number of aromatic nitrogens is 1. The van der Waals surface area contributed by atoms with Crippen molar-refractivity contribution in [1.29, 1.82) is 0 Å². The van der Waals surface area contributed by atoms with Crippen LogP contribution in [-0.2, 0) is 17.5 Å². The molecule has 0 aliphatic heterocycles. The number of halogens is 3. The number of hydrogen-bond donors (Lipinski definition) is 1. The maximum Gasteiger partial charge on any atom is 0.416 e. The molecule has 1 amide bonds. The predicted molar refractivity (Wildman–Crippen MR) is 107 cm³/mol. The second-order valence-electron chi connectivity index (χ2n) is 6.54. The average Bonchev–Trinajstić information content (AvgIpc) is 2.74. The molecule has 2 aromatic carbocycles. The van der Waals surface area contributed by atoms with Crippen molar-refractivity contribution >= 4 is 17.6 Å². The van der Waals surface area contributed by atoms with E-state index in [2.05, 4.69) is 10.1 Å². The third-order valence-electron chi connectivity index (χ3n) is 4.45. The largest absolute Gasteiger partial charge is 0.465 e. The van der Waals surface area contributed by atoms with Gasteiger partial charge in [-0.3, -0.25) is 9.59 Å². The van der Waals surface area contributed by atoms with E-state index in [0.29, 0.717) is 0 Å². The number of anilines is 1. The van der Waals surface area contributed by atoms with E-state index in [4.69, 9.17) is 0 Å². The third-order valence-corrected chi connectivity index (χ3v) is 4.45. The van der Waals surface area contributed by atoms with Crippen LogP contribution in [-0.4, -0.2) is 23.6 Å². The lowest BCUT2D eigenvalue weighted by Crippen LogP contribution is -2.29. The highest BCUT2D eigenvalue weighted by atomic mass is 19.4. The molecule has 3 aromatic rings. The van der Waals surface area contributed by atoms with Crippen LogP contribution >= 0.6 is 0 Å². The summed E-state index contributed by atoms with van der Waals surface area (Å²) in [5.74, 6) is -1.43. The number of alkyl halides is 3. The molecule has 160 valence electrons. The Kier molecular flexibility index (Phi) is 6.24. The standard InChI is InChI=1S/C22H17F3N2O4/c1-31-21(30)16-8-2-3-10-18(16)26-19(28)17-9-5-11-27(20(17)29)13-14-6-4-7-15(12-14)22(23,24)25/h2-12H,13H2,1H3,(H,26,28). The molecule has 0 spiro atoms. The number of amides is 1. The van der Waals surface area contributed by atoms with E-state index >= 15 is 0 Å². The fraction of sp³-hybridized carbons (Fsp3) is 0.136. The number of esters is 1. The number of hydrogen-bond acceptors (Lipinski definition) is 4. The van der Waals surface area contributed by atoms with Gasteiger partial charge in [0.15, 0.2) is 0 Å². The van der Waals surface area contributed by atoms with E-state index in [1.165, 1.54) is 49.7 Å². The van der Waals surface area contributed by atoms with Crippen molar-refractivity contribution in [1.82, 2.24) is 4.57 Å². The SMILES string of the molecule is COC(=O)c1ccccc1NC(=O)c1cccn(Cc2cccc(C(F)(F)F)c2)c1=O. The van der Waals surface area contributed by atoms with E-state index < -0.39 is 29.2 Å². The third kappa shape index (κ3) is 5.00. The maximum atomic E-state index is 12.9. The Morgan fingerprint density at radius 1 is 1.00 bits per heavy atom. The highest BCUT2D eigenvalue weighted by molar-refractivity contribution is 6.07. The van der Waals surface area contributed by atoms with Crippen LogP contribution < -0.4 is 10.9 Å². The number of nitrogens with zero attached hydrogens (tertiary/aromatic N) is 1. The monoisotopic (exact) mass is 430 g/mol. The number of para-hydroxylation sites is 1. The van der Waals surface area contributed by atoms with Gasteiger partial charge in [0, 0.05) is 6.20 Å². The van der Waals surface area contributed by atoms with Crippen LogP contribution in [0.25, 0.3) is 0 Å². The van der Waals surface area contributed by atoms with Crippen LogP contribution in [0.2, 0.25) is 0 Å². The molecule has 1 N–H and O–H groups in total. The Morgan fingerprint density at radius 3 is 2.42 bits per heavy atom. The molecule has 0 saturated heterocycles. The number of carbonyl (C=O) groups is 2. The summed E-state index contributed by atoms with van der Waals surface area (Å²) in [7, 11) is 1.20. The first kappa shape index (κ1) is 21.8. The van der Waals surface area contributed by atoms with Crippen molar-refractivity contribution in [2.75, 3.05) is 12.4 Å². The van der Waals surface area contributed by atoms with Crippen molar-refractivity contribution < 1.29 is 27.5 Å². The number of methoxy groups -OCH3 is 1. The quantitative estimate of drug-likeness (QED) is 0.622. The molecule has 9 heteroatoms. The van der Waals surface area contributed by atoms with Gasteiger partial charge in [-0.05, 0) is 42.0 Å². The summed E-state index contributed by atoms with van der Waals surface area (Å²) >= 11 is 0. The Hall–Kier alpha value is -3.88. The van der Waals surface area contributed by atoms with Crippen LogP contribution in [0.1, 0.15) is 31.8 Å². The van der Waals surface area contributed by atoms with Gasteiger partial charge >= 0.3 is 12.1 Å². The summed E-state index contributed by atoms with van der Waals surface area (Å²) in [6, 6.07) is 13.5. The first-order valence-electron chi connectivity index (χ1n) is 9.05. The van der Waals surface area contributed by atoms with Gasteiger partial charge in [0.25, 0.3) is 11.5 Å². The molecule has 3 rings (SSSR count). The molecule has 0 radical (unpaired) electrons. The van der Waals surface area contributed by atoms with E-state index in [1.807, 2.05) is 0 Å². The number of nitrogens with one attached hydrogen (secondary N) is 1. The molecule has 0 fully saturated rings. The summed E-state index contributed by atoms with van der Waals surface area (Å²) < 4.78 is 44.6. The zero-order valence-electron chi connectivity index (χ0n) is 16.3. The van der Waals surface area contributed by atoms with Crippen molar-refractivity contribution in [3.63, 3.8) is 0 Å². The van der Waals surface area contributed by atoms with Crippen molar-refractivity contribution in [2.45, 2.75) is 12.7 Å². The van der Waals surface area contributed by atoms with Crippen LogP contribution in [0.15, 0.2) is 71.7 Å². The molecule has 1 heterocycles. The lowest BCUT2D eigenvalue weighted by molar-refractivity contribution is -0.137. The fourth-order valence-corrected chi connectivity index (χ4v) is 2.95. The van der Waals surface area contributed by atoms with Crippen LogP contribution in [0.4, 0.5) is 18.9 Å². The van der Waals surface area contributed by atoms with E-state index in [1.54, 1.807) is 12.1 Å². The lowest BCUT2D eigenvalue weighted by atomic mass is 10.1. The Morgan fingerprint density at radius 2 is 1.71 bits per heavy atom. The zero-order chi connectivity index (χ0) is 22.6. The highest BCUT2D eigenvalue weighted by Crippen LogP contribution is 2.29. The minimum Gasteiger partial charge on any atom is -0.465 e. The van der Waals surface area contributed by atoms with Gasteiger partial charge < -0.3 is 14.6 Å². The fourth-order valence-electron chi connectivity index (χ4n) is 2.95. The van der Waals surface area contributed by atoms with Crippen LogP contribution in [0.3, 0.4) is 0 Å². The van der Waals surface area contributed by atoms with E-state index in [0.717, 1.165) is 16.7 Å². The van der Waals surface area contributed by atoms with Gasteiger partial charge in [-0.15, -0.1) is 0 Å². The van der Waals surface area contributed by atoms with Gasteiger partial charge in [0.2, 0.25) is 0 Å². The number of benzene rings is 2. The summed E-state index contributed by atoms with van der Waals surface area (Å²) in [5.41, 5.74) is -1.22. The molecule has 0 unspecified atom stereocenters. The molecule has 0 saturated carbocycles. The first-order chi connectivity index (χ1) is 14.7. The molecule has 1 aromatic heterocycles. The number of carbonyl (C=O) groups excluding carboxylic acids is 2. The molecular formula is C22H17F3N2O4. The van der Waals surface area contributed by atoms with Gasteiger partial charge in [0.05, 0.1) is 30.5 Å². The summed E-state index contributed by atoms with van der Waals surface area (Å²) in [5, 5.41) is 2.50. The normalized spacial score (nSPS) is 11.1. The summed E-state index contributed by atoms with van der Waals surface area (Å²) in [6.45, 7) is -0.150. The van der Waals surface area contributed by atoms with Gasteiger partial charge in [-0.25, -0.2) is 4.79 Å². The molecule has 6 nitrogen and oxygen atoms in total. The van der Waals surface area contributed by atoms with Crippen molar-refractivity contribution in [3.05, 3.63) is 99.5 Å². The second kappa shape index (κ2) is 8.86. The van der Waals surface area contributed by atoms with Gasteiger partial charge in [-0.1, -0.05) is 24.3 Å². The van der Waals surface area contributed by atoms with Gasteiger partial charge in [0.1, 0.15) is 5.56 Å². The Bertz CT molecular complexity index is 1190. The smallest absolute Gasteiger partial charge is 0.416 e. The minimum absolute atomic E-state index is 0.110. The topological polar surface area (TPSA) is 77.4 Å². The van der Waals surface area contributed by atoms with Crippen LogP contribution in [0, 0.1) is 0 Å². The predicted octanol–water partition coefficient (Wildman–Crippen LogP) is 3.95. The number of pyridine rings is 1. The molecular weight excluding hydrogens is 413 g/mol. The average molecular weight is 430 g/mol. The lowest BCUT2D eigenvalue weighted by Gasteiger charge is -2.12. The van der Waals surface area contributed by atoms with Gasteiger partial charge in [-0.2, -0.15) is 13.2 Å². The van der Waals surface area contributed by atoms with Crippen molar-refractivity contribution in [2.24, 2.45) is 0 Å². The van der Waals surface area contributed by atoms with Crippen LogP contribution in [0.5, 0.6) is 0 Å². The Labute approximate surface area is 174 Å².